The Balaban J connectivity index is 0.000000172. The second kappa shape index (κ2) is 40.6. The summed E-state index contributed by atoms with van der Waals surface area (Å²) >= 11 is 0. The number of rotatable bonds is 23. The largest absolute Gasteiger partial charge is 0.311 e. The van der Waals surface area contributed by atoms with Crippen LogP contribution in [0.15, 0.2) is 588 Å². The number of anilines is 6. The first-order valence-corrected chi connectivity index (χ1v) is 53.7. The highest BCUT2D eigenvalue weighted by atomic mass is 28.3. The van der Waals surface area contributed by atoms with Crippen LogP contribution in [0, 0.1) is 0 Å². The van der Waals surface area contributed by atoms with Gasteiger partial charge in [-0.15, -0.1) is 0 Å². The molecule has 0 aliphatic carbocycles. The highest BCUT2D eigenvalue weighted by Crippen LogP contribution is 2.48. The fourth-order valence-corrected chi connectivity index (χ4v) is 22.0. The lowest BCUT2D eigenvalue weighted by Gasteiger charge is -2.37. The first-order valence-electron chi connectivity index (χ1n) is 50.2. The Morgan fingerprint density at radius 1 is 0.124 bits per heavy atom. The Kier molecular flexibility index (Phi) is 25.4. The predicted molar refractivity (Wildman–Crippen MR) is 621 cm³/mol. The van der Waals surface area contributed by atoms with Crippen molar-refractivity contribution < 1.29 is 0 Å². The van der Waals surface area contributed by atoms with Crippen molar-refractivity contribution in [2.45, 2.75) is 25.1 Å². The fourth-order valence-electron chi connectivity index (χ4n) is 20.8. The minimum Gasteiger partial charge on any atom is -0.311 e. The monoisotopic (exact) mass is 1870 g/mol. The van der Waals surface area contributed by atoms with Gasteiger partial charge in [-0.3, -0.25) is 0 Å². The van der Waals surface area contributed by atoms with Crippen molar-refractivity contribution in [3.8, 4) is 134 Å². The molecular weight excluding hydrogens is 1760 g/mol. The predicted octanol–water partition coefficient (Wildman–Crippen LogP) is 38.7. The van der Waals surface area contributed by atoms with Crippen LogP contribution in [0.2, 0.25) is 19.6 Å². The molecule has 24 aromatic rings. The van der Waals surface area contributed by atoms with Crippen molar-refractivity contribution in [1.29, 1.82) is 0 Å². The summed E-state index contributed by atoms with van der Waals surface area (Å²) in [5, 5.41) is 8.80. The summed E-state index contributed by atoms with van der Waals surface area (Å²) in [6.07, 6.45) is 0. The zero-order valence-electron chi connectivity index (χ0n) is 81.4. The molecule has 0 unspecified atom stereocenters. The molecule has 0 N–H and O–H groups in total. The van der Waals surface area contributed by atoms with Crippen LogP contribution in [0.4, 0.5) is 34.1 Å². The van der Waals surface area contributed by atoms with Gasteiger partial charge in [0, 0.05) is 34.1 Å². The Bertz CT molecular complexity index is 8250. The third-order valence-corrected chi connectivity index (χ3v) is 30.7. The van der Waals surface area contributed by atoms with E-state index in [2.05, 4.69) is 618 Å². The van der Waals surface area contributed by atoms with Crippen molar-refractivity contribution in [3.63, 3.8) is 0 Å². The maximum absolute atomic E-state index is 2.40. The zero-order valence-corrected chi connectivity index (χ0v) is 82.4. The third kappa shape index (κ3) is 19.4. The molecular formula is C142H106N2Si. The number of hydrogen-bond donors (Lipinski definition) is 0. The summed E-state index contributed by atoms with van der Waals surface area (Å²) in [6.45, 7) is 7.20. The second-order valence-corrected chi connectivity index (χ2v) is 43.8. The van der Waals surface area contributed by atoms with Crippen LogP contribution in [0.3, 0.4) is 0 Å². The van der Waals surface area contributed by atoms with Crippen molar-refractivity contribution in [2.75, 3.05) is 9.80 Å². The minimum absolute atomic E-state index is 0.497. The van der Waals surface area contributed by atoms with Gasteiger partial charge < -0.3 is 9.80 Å². The van der Waals surface area contributed by atoms with Gasteiger partial charge in [0.2, 0.25) is 0 Å². The molecule has 0 heterocycles. The Morgan fingerprint density at radius 3 is 0.476 bits per heavy atom. The SMILES string of the molecule is C[Si](C)(C)c1ccc(-c2cccc(-c3ccc(N(c4ccc(-c5cccc(-c6ccccc6)c5)cc4)c4ccc(-c5cccc(-c6ccccc6)c5)cc4)cc3)c2)cc1.c1ccc(-c2ccc3ccc(-c4ccc(N(c5ccc(-c6ccc7ccc(-c8ccccc8)cc7c6)cc5)c5ccc(-c6ccc7ccc(-c8ccc(C(c9ccccc9)(c9ccccc9)c9ccccc9)cc8)cc7c6)cc5)cc4)cc3c2)cc1. The first kappa shape index (κ1) is 90.7. The maximum Gasteiger partial charge on any atom is 0.0775 e. The fraction of sp³-hybridized carbons (Fsp3) is 0.0282. The van der Waals surface area contributed by atoms with Gasteiger partial charge in [0.05, 0.1) is 13.5 Å². The highest BCUT2D eigenvalue weighted by molar-refractivity contribution is 6.88. The van der Waals surface area contributed by atoms with Gasteiger partial charge in [0.15, 0.2) is 0 Å². The van der Waals surface area contributed by atoms with Crippen LogP contribution in [-0.2, 0) is 5.41 Å². The molecule has 0 saturated heterocycles. The van der Waals surface area contributed by atoms with Gasteiger partial charge in [-0.1, -0.05) is 486 Å². The standard InChI is InChI=1S/C85H59N.C57H47NSi/c1-6-16-60(17-7-1)69-32-26-66-29-35-72(57-75(66)54-69)63-40-48-82(49-41-63)86(83-50-42-64(43-51-83)73-36-30-67-27-33-70(55-76(67)58-73)61-18-8-2-9-19-61)84-52-44-65(45-53-84)74-37-31-68-28-34-71(56-77(68)59-74)62-38-46-81(47-39-62)85(78-20-10-3-11-21-78,79-22-12-4-13-23-79)80-24-14-5-15-25-80;1-59(2,3)57-37-29-47(30-38-57)53-22-12-21-52(41-53)46-27-35-56(36-28-46)58(54-31-23-44(24-32-54)50-19-10-17-48(39-50)42-13-6-4-7-14-42)55-33-25-45(26-34-55)51-20-11-18-49(40-51)43-15-8-5-9-16-43/h1-59H;4-41H,1-3H3. The van der Waals surface area contributed by atoms with Crippen molar-refractivity contribution in [2.24, 2.45) is 0 Å². The molecule has 0 aliphatic heterocycles. The molecule has 0 spiro atoms. The van der Waals surface area contributed by atoms with E-state index in [1.807, 2.05) is 0 Å². The van der Waals surface area contributed by atoms with Gasteiger partial charge in [-0.2, -0.15) is 0 Å². The molecule has 688 valence electrons. The normalized spacial score (nSPS) is 11.4. The molecule has 0 amide bonds. The molecule has 0 radical (unpaired) electrons. The van der Waals surface area contributed by atoms with Crippen LogP contribution < -0.4 is 15.0 Å². The van der Waals surface area contributed by atoms with Gasteiger partial charge in [0.1, 0.15) is 0 Å². The molecule has 0 atom stereocenters. The molecule has 0 aliphatic rings. The molecule has 2 nitrogen and oxygen atoms in total. The Morgan fingerprint density at radius 2 is 0.276 bits per heavy atom. The second-order valence-electron chi connectivity index (χ2n) is 38.7. The van der Waals surface area contributed by atoms with E-state index < -0.39 is 13.5 Å². The number of benzene rings is 24. The lowest BCUT2D eigenvalue weighted by molar-refractivity contribution is 0.745. The molecule has 0 fully saturated rings. The van der Waals surface area contributed by atoms with E-state index in [1.54, 1.807) is 0 Å². The summed E-state index contributed by atoms with van der Waals surface area (Å²) < 4.78 is 0. The minimum atomic E-state index is -1.35. The van der Waals surface area contributed by atoms with Crippen molar-refractivity contribution in [1.82, 2.24) is 0 Å². The van der Waals surface area contributed by atoms with E-state index in [-0.39, 0.29) is 0 Å². The van der Waals surface area contributed by atoms with Gasteiger partial charge >= 0.3 is 0 Å². The van der Waals surface area contributed by atoms with E-state index in [0.29, 0.717) is 0 Å². The quantitative estimate of drug-likeness (QED) is 0.0465. The van der Waals surface area contributed by atoms with E-state index in [9.17, 15) is 0 Å². The molecule has 24 aromatic carbocycles. The topological polar surface area (TPSA) is 6.48 Å². The summed E-state index contributed by atoms with van der Waals surface area (Å²) in [6, 6.07) is 215. The summed E-state index contributed by atoms with van der Waals surface area (Å²) in [4.78, 5) is 4.73. The maximum atomic E-state index is 2.40. The van der Waals surface area contributed by atoms with Crippen LogP contribution >= 0.6 is 0 Å². The average Bonchev–Trinajstić information content (AvgIpc) is 0.730. The third-order valence-electron chi connectivity index (χ3n) is 28.6. The van der Waals surface area contributed by atoms with E-state index in [4.69, 9.17) is 0 Å². The Labute approximate surface area is 852 Å². The summed E-state index contributed by atoms with van der Waals surface area (Å²) in [7, 11) is -1.35. The van der Waals surface area contributed by atoms with Gasteiger partial charge in [0.25, 0.3) is 0 Å². The lowest BCUT2D eigenvalue weighted by Crippen LogP contribution is -2.37. The van der Waals surface area contributed by atoms with Gasteiger partial charge in [-0.25, -0.2) is 0 Å². The van der Waals surface area contributed by atoms with Crippen LogP contribution in [0.1, 0.15) is 22.3 Å². The molecule has 145 heavy (non-hydrogen) atoms. The Hall–Kier alpha value is -18.1. The summed E-state index contributed by atoms with van der Waals surface area (Å²) in [5.41, 5.74) is 39.8. The molecule has 3 heteroatoms. The smallest absolute Gasteiger partial charge is 0.0775 e. The van der Waals surface area contributed by atoms with E-state index in [0.717, 1.165) is 39.7 Å². The number of hydrogen-bond acceptors (Lipinski definition) is 2. The van der Waals surface area contributed by atoms with Crippen molar-refractivity contribution >= 4 is 79.7 Å². The van der Waals surface area contributed by atoms with Gasteiger partial charge in [-0.05, 0) is 315 Å². The zero-order chi connectivity index (χ0) is 97.4. The molecule has 0 bridgehead atoms. The van der Waals surface area contributed by atoms with Crippen LogP contribution in [-0.4, -0.2) is 8.07 Å². The number of fused-ring (bicyclic) bond motifs is 3. The number of nitrogens with zero attached hydrogens (tertiary/aromatic N) is 2. The average molecular weight is 1870 g/mol. The molecule has 24 rings (SSSR count). The van der Waals surface area contributed by atoms with Crippen molar-refractivity contribution in [3.05, 3.63) is 611 Å². The highest BCUT2D eigenvalue weighted by Gasteiger charge is 2.38. The van der Waals surface area contributed by atoms with Crippen LogP contribution in [0.25, 0.3) is 166 Å². The summed E-state index contributed by atoms with van der Waals surface area (Å²) in [5.74, 6) is 0. The van der Waals surface area contributed by atoms with E-state index in [1.165, 1.54) is 188 Å². The molecule has 0 saturated carbocycles. The van der Waals surface area contributed by atoms with Crippen LogP contribution in [0.5, 0.6) is 0 Å². The first-order chi connectivity index (χ1) is 71.4. The van der Waals surface area contributed by atoms with E-state index >= 15 is 0 Å². The molecule has 0 aromatic heterocycles. The lowest BCUT2D eigenvalue weighted by atomic mass is 9.65.